The van der Waals surface area contributed by atoms with E-state index >= 15 is 0 Å². The molecule has 2 amide bonds. The maximum absolute atomic E-state index is 12.4. The van der Waals surface area contributed by atoms with Crippen molar-refractivity contribution in [3.8, 4) is 0 Å². The Morgan fingerprint density at radius 1 is 1.15 bits per heavy atom. The Morgan fingerprint density at radius 2 is 1.80 bits per heavy atom. The zero-order valence-electron chi connectivity index (χ0n) is 12.6. The van der Waals surface area contributed by atoms with Gasteiger partial charge >= 0.3 is 0 Å². The summed E-state index contributed by atoms with van der Waals surface area (Å²) in [5, 5.41) is 3.05. The number of amides is 2. The summed E-state index contributed by atoms with van der Waals surface area (Å²) in [4.78, 5) is 26.0. The summed E-state index contributed by atoms with van der Waals surface area (Å²) < 4.78 is 0. The second-order valence-electron chi connectivity index (χ2n) is 6.46. The lowest BCUT2D eigenvalue weighted by molar-refractivity contribution is -0.137. The molecular formula is C15H27N3O2. The van der Waals surface area contributed by atoms with E-state index in [0.29, 0.717) is 0 Å². The highest BCUT2D eigenvalue weighted by Crippen LogP contribution is 2.27. The van der Waals surface area contributed by atoms with Gasteiger partial charge in [0.05, 0.1) is 5.92 Å². The minimum absolute atomic E-state index is 0.0196. The van der Waals surface area contributed by atoms with E-state index in [2.05, 4.69) is 5.32 Å². The van der Waals surface area contributed by atoms with Gasteiger partial charge in [-0.1, -0.05) is 20.3 Å². The molecule has 0 aromatic heterocycles. The van der Waals surface area contributed by atoms with Crippen LogP contribution < -0.4 is 11.1 Å². The SMILES string of the molecule is CC(C)C(=O)NC1CCN(C(=O)C2CCCC2N)CC1. The van der Waals surface area contributed by atoms with Crippen molar-refractivity contribution in [2.45, 2.75) is 58.0 Å². The lowest BCUT2D eigenvalue weighted by Crippen LogP contribution is -2.50. The van der Waals surface area contributed by atoms with Crippen LogP contribution in [0.1, 0.15) is 46.0 Å². The Kier molecular flexibility index (Phi) is 5.02. The topological polar surface area (TPSA) is 75.4 Å². The van der Waals surface area contributed by atoms with Gasteiger partial charge in [0.1, 0.15) is 0 Å². The lowest BCUT2D eigenvalue weighted by atomic mass is 9.98. The van der Waals surface area contributed by atoms with Gasteiger partial charge in [0.15, 0.2) is 0 Å². The van der Waals surface area contributed by atoms with E-state index in [-0.39, 0.29) is 35.7 Å². The molecular weight excluding hydrogens is 254 g/mol. The molecule has 2 aliphatic rings. The molecule has 0 aromatic carbocycles. The van der Waals surface area contributed by atoms with Crippen LogP contribution in [0.25, 0.3) is 0 Å². The van der Waals surface area contributed by atoms with Gasteiger partial charge in [-0.25, -0.2) is 0 Å². The van der Waals surface area contributed by atoms with Gasteiger partial charge in [-0.15, -0.1) is 0 Å². The number of likely N-dealkylation sites (tertiary alicyclic amines) is 1. The number of nitrogens with two attached hydrogens (primary N) is 1. The number of carbonyl (C=O) groups excluding carboxylic acids is 2. The molecule has 2 fully saturated rings. The fraction of sp³-hybridized carbons (Fsp3) is 0.867. The van der Waals surface area contributed by atoms with Crippen LogP contribution in [0.4, 0.5) is 0 Å². The van der Waals surface area contributed by atoms with Crippen LogP contribution in [0, 0.1) is 11.8 Å². The Morgan fingerprint density at radius 3 is 2.30 bits per heavy atom. The van der Waals surface area contributed by atoms with Gasteiger partial charge in [-0.05, 0) is 25.7 Å². The summed E-state index contributed by atoms with van der Waals surface area (Å²) in [6.45, 7) is 5.28. The molecule has 0 bridgehead atoms. The minimum Gasteiger partial charge on any atom is -0.353 e. The molecule has 1 saturated carbocycles. The molecule has 0 spiro atoms. The first-order chi connectivity index (χ1) is 9.49. The van der Waals surface area contributed by atoms with Crippen LogP contribution in [0.2, 0.25) is 0 Å². The van der Waals surface area contributed by atoms with Crippen molar-refractivity contribution < 1.29 is 9.59 Å². The van der Waals surface area contributed by atoms with Crippen molar-refractivity contribution in [2.75, 3.05) is 13.1 Å². The molecule has 5 heteroatoms. The molecule has 20 heavy (non-hydrogen) atoms. The van der Waals surface area contributed by atoms with Crippen LogP contribution in [0.3, 0.4) is 0 Å². The van der Waals surface area contributed by atoms with Crippen LogP contribution in [0.15, 0.2) is 0 Å². The minimum atomic E-state index is 0.0196. The third-order valence-electron chi connectivity index (χ3n) is 4.56. The first kappa shape index (κ1) is 15.3. The predicted octanol–water partition coefficient (Wildman–Crippen LogP) is 0.877. The van der Waals surface area contributed by atoms with Crippen LogP contribution in [-0.2, 0) is 9.59 Å². The standard InChI is InChI=1S/C15H27N3O2/c1-10(2)14(19)17-11-6-8-18(9-7-11)15(20)12-4-3-5-13(12)16/h10-13H,3-9,16H2,1-2H3,(H,17,19). The third kappa shape index (κ3) is 3.51. The van der Waals surface area contributed by atoms with Crippen LogP contribution >= 0.6 is 0 Å². The van der Waals surface area contributed by atoms with E-state index in [9.17, 15) is 9.59 Å². The quantitative estimate of drug-likeness (QED) is 0.806. The Bertz CT molecular complexity index is 362. The molecule has 1 aliphatic carbocycles. The summed E-state index contributed by atoms with van der Waals surface area (Å²) in [6, 6.07) is 0.257. The highest BCUT2D eigenvalue weighted by atomic mass is 16.2. The average Bonchev–Trinajstić information content (AvgIpc) is 2.85. The maximum atomic E-state index is 12.4. The molecule has 2 rings (SSSR count). The van der Waals surface area contributed by atoms with E-state index in [1.807, 2.05) is 18.7 Å². The molecule has 0 aromatic rings. The molecule has 1 saturated heterocycles. The largest absolute Gasteiger partial charge is 0.353 e. The Labute approximate surface area is 121 Å². The lowest BCUT2D eigenvalue weighted by Gasteiger charge is -2.34. The molecule has 5 nitrogen and oxygen atoms in total. The predicted molar refractivity (Wildman–Crippen MR) is 77.9 cm³/mol. The van der Waals surface area contributed by atoms with E-state index in [0.717, 1.165) is 45.2 Å². The summed E-state index contributed by atoms with van der Waals surface area (Å²) in [6.07, 6.45) is 4.68. The molecule has 3 N–H and O–H groups in total. The second kappa shape index (κ2) is 6.57. The van der Waals surface area contributed by atoms with Gasteiger partial charge in [0.2, 0.25) is 11.8 Å². The van der Waals surface area contributed by atoms with E-state index in [1.165, 1.54) is 0 Å². The molecule has 2 atom stereocenters. The summed E-state index contributed by atoms with van der Waals surface area (Å²) >= 11 is 0. The smallest absolute Gasteiger partial charge is 0.227 e. The van der Waals surface area contributed by atoms with Gasteiger partial charge in [-0.3, -0.25) is 9.59 Å². The molecule has 114 valence electrons. The fourth-order valence-corrected chi connectivity index (χ4v) is 3.14. The Balaban J connectivity index is 1.79. The van der Waals surface area contributed by atoms with Gasteiger partial charge in [0, 0.05) is 31.1 Å². The number of nitrogens with one attached hydrogen (secondary N) is 1. The normalized spacial score (nSPS) is 27.9. The van der Waals surface area contributed by atoms with Gasteiger partial charge in [-0.2, -0.15) is 0 Å². The average molecular weight is 281 g/mol. The first-order valence-corrected chi connectivity index (χ1v) is 7.83. The number of piperidine rings is 1. The molecule has 0 radical (unpaired) electrons. The fourth-order valence-electron chi connectivity index (χ4n) is 3.14. The van der Waals surface area contributed by atoms with Crippen molar-refractivity contribution >= 4 is 11.8 Å². The van der Waals surface area contributed by atoms with Crippen molar-refractivity contribution in [1.82, 2.24) is 10.2 Å². The van der Waals surface area contributed by atoms with Gasteiger partial charge < -0.3 is 16.0 Å². The number of carbonyl (C=O) groups is 2. The summed E-state index contributed by atoms with van der Waals surface area (Å²) in [7, 11) is 0. The van der Waals surface area contributed by atoms with Crippen LogP contribution in [0.5, 0.6) is 0 Å². The number of rotatable bonds is 3. The molecule has 1 aliphatic heterocycles. The molecule has 1 heterocycles. The molecule has 2 unspecified atom stereocenters. The number of hydrogen-bond acceptors (Lipinski definition) is 3. The monoisotopic (exact) mass is 281 g/mol. The van der Waals surface area contributed by atoms with Gasteiger partial charge in [0.25, 0.3) is 0 Å². The third-order valence-corrected chi connectivity index (χ3v) is 4.56. The summed E-state index contributed by atoms with van der Waals surface area (Å²) in [5.41, 5.74) is 6.01. The Hall–Kier alpha value is -1.10. The van der Waals surface area contributed by atoms with Crippen LogP contribution in [-0.4, -0.2) is 41.9 Å². The first-order valence-electron chi connectivity index (χ1n) is 7.83. The second-order valence-corrected chi connectivity index (χ2v) is 6.46. The zero-order valence-corrected chi connectivity index (χ0v) is 12.6. The van der Waals surface area contributed by atoms with Crippen molar-refractivity contribution in [1.29, 1.82) is 0 Å². The highest BCUT2D eigenvalue weighted by molar-refractivity contribution is 5.80. The highest BCUT2D eigenvalue weighted by Gasteiger charge is 2.34. The van der Waals surface area contributed by atoms with Crippen molar-refractivity contribution in [3.63, 3.8) is 0 Å². The maximum Gasteiger partial charge on any atom is 0.227 e. The zero-order chi connectivity index (χ0) is 14.7. The number of hydrogen-bond donors (Lipinski definition) is 2. The van der Waals surface area contributed by atoms with Crippen molar-refractivity contribution in [2.24, 2.45) is 17.6 Å². The van der Waals surface area contributed by atoms with E-state index < -0.39 is 0 Å². The number of nitrogens with zero attached hydrogens (tertiary/aromatic N) is 1. The van der Waals surface area contributed by atoms with E-state index in [4.69, 9.17) is 5.73 Å². The van der Waals surface area contributed by atoms with Crippen molar-refractivity contribution in [3.05, 3.63) is 0 Å². The summed E-state index contributed by atoms with van der Waals surface area (Å²) in [5.74, 6) is 0.374. The van der Waals surface area contributed by atoms with E-state index in [1.54, 1.807) is 0 Å².